The summed E-state index contributed by atoms with van der Waals surface area (Å²) in [5.41, 5.74) is 5.13. The summed E-state index contributed by atoms with van der Waals surface area (Å²) >= 11 is 0. The third-order valence-electron chi connectivity index (χ3n) is 3.96. The van der Waals surface area contributed by atoms with Gasteiger partial charge in [-0.3, -0.25) is 9.78 Å². The van der Waals surface area contributed by atoms with E-state index in [1.54, 1.807) is 36.7 Å². The van der Waals surface area contributed by atoms with Crippen molar-refractivity contribution >= 4 is 18.1 Å². The minimum Gasteiger partial charge on any atom is -0.489 e. The van der Waals surface area contributed by atoms with Crippen LogP contribution in [0.5, 0.6) is 5.75 Å². The fraction of sp³-hybridized carbons (Fsp3) is 0.0909. The Labute approximate surface area is 168 Å². The summed E-state index contributed by atoms with van der Waals surface area (Å²) in [6.45, 7) is 0.371. The van der Waals surface area contributed by atoms with E-state index in [0.717, 1.165) is 11.1 Å². The number of pyridine rings is 1. The molecule has 0 aliphatic heterocycles. The van der Waals surface area contributed by atoms with Crippen molar-refractivity contribution in [2.75, 3.05) is 7.11 Å². The van der Waals surface area contributed by atoms with E-state index in [1.165, 1.54) is 13.3 Å². The predicted octanol–water partition coefficient (Wildman–Crippen LogP) is 3.21. The quantitative estimate of drug-likeness (QED) is 0.381. The molecule has 7 heteroatoms. The van der Waals surface area contributed by atoms with Gasteiger partial charge in [0.1, 0.15) is 12.4 Å². The van der Waals surface area contributed by atoms with Gasteiger partial charge in [-0.15, -0.1) is 0 Å². The van der Waals surface area contributed by atoms with Crippen molar-refractivity contribution in [3.8, 4) is 5.75 Å². The van der Waals surface area contributed by atoms with E-state index < -0.39 is 0 Å². The van der Waals surface area contributed by atoms with Crippen LogP contribution in [0.25, 0.3) is 0 Å². The van der Waals surface area contributed by atoms with Crippen LogP contribution in [-0.4, -0.2) is 30.2 Å². The van der Waals surface area contributed by atoms with Crippen LogP contribution in [0.4, 0.5) is 0 Å². The maximum Gasteiger partial charge on any atom is 0.337 e. The fourth-order valence-corrected chi connectivity index (χ4v) is 2.40. The van der Waals surface area contributed by atoms with Gasteiger partial charge in [0.25, 0.3) is 5.91 Å². The van der Waals surface area contributed by atoms with Crippen molar-refractivity contribution in [1.29, 1.82) is 0 Å². The van der Waals surface area contributed by atoms with E-state index in [-0.39, 0.29) is 11.9 Å². The number of hydrogen-bond donors (Lipinski definition) is 1. The zero-order valence-corrected chi connectivity index (χ0v) is 15.7. The molecule has 1 heterocycles. The molecule has 0 saturated carbocycles. The van der Waals surface area contributed by atoms with E-state index in [1.807, 2.05) is 36.4 Å². The largest absolute Gasteiger partial charge is 0.489 e. The first kappa shape index (κ1) is 19.8. The fourth-order valence-electron chi connectivity index (χ4n) is 2.40. The predicted molar refractivity (Wildman–Crippen MR) is 108 cm³/mol. The number of hydrazone groups is 1. The van der Waals surface area contributed by atoms with Crippen LogP contribution in [-0.2, 0) is 11.3 Å². The van der Waals surface area contributed by atoms with Crippen LogP contribution in [0, 0.1) is 0 Å². The topological polar surface area (TPSA) is 89.9 Å². The summed E-state index contributed by atoms with van der Waals surface area (Å²) in [7, 11) is 1.35. The molecule has 3 rings (SSSR count). The average Bonchev–Trinajstić information content (AvgIpc) is 2.79. The molecular formula is C22H19N3O4. The molecule has 0 bridgehead atoms. The molecule has 0 aliphatic rings. The maximum atomic E-state index is 11.9. The Hall–Kier alpha value is -4.00. The maximum absolute atomic E-state index is 11.9. The number of esters is 1. The number of amides is 1. The number of nitrogens with zero attached hydrogens (tertiary/aromatic N) is 2. The van der Waals surface area contributed by atoms with Crippen molar-refractivity contribution in [3.05, 3.63) is 95.3 Å². The second kappa shape index (κ2) is 9.80. The van der Waals surface area contributed by atoms with Gasteiger partial charge in [-0.05, 0) is 59.7 Å². The highest BCUT2D eigenvalue weighted by Gasteiger charge is 2.05. The Morgan fingerprint density at radius 3 is 2.45 bits per heavy atom. The molecule has 0 unspecified atom stereocenters. The number of ether oxygens (including phenoxy) is 2. The molecular weight excluding hydrogens is 370 g/mol. The summed E-state index contributed by atoms with van der Waals surface area (Å²) in [6.07, 6.45) is 4.62. The molecule has 0 saturated heterocycles. The Morgan fingerprint density at radius 2 is 1.79 bits per heavy atom. The SMILES string of the molecule is COC(=O)c1ccc(COc2ccc(/C=N\NC(=O)c3cccnc3)cc2)cc1. The van der Waals surface area contributed by atoms with Crippen molar-refractivity contribution < 1.29 is 19.1 Å². The summed E-state index contributed by atoms with van der Waals surface area (Å²) in [5, 5.41) is 3.94. The number of methoxy groups -OCH3 is 1. The van der Waals surface area contributed by atoms with Gasteiger partial charge in [0.2, 0.25) is 0 Å². The van der Waals surface area contributed by atoms with Crippen LogP contribution < -0.4 is 10.2 Å². The zero-order chi connectivity index (χ0) is 20.5. The molecule has 1 amide bonds. The first-order chi connectivity index (χ1) is 14.2. The summed E-state index contributed by atoms with van der Waals surface area (Å²) < 4.78 is 10.4. The standard InChI is InChI=1S/C22H19N3O4/c1-28-22(27)18-8-4-17(5-9-18)15-29-20-10-6-16(7-11-20)13-24-25-21(26)19-3-2-12-23-14-19/h2-14H,15H2,1H3,(H,25,26)/b24-13-. The van der Waals surface area contributed by atoms with Gasteiger partial charge in [0.15, 0.2) is 0 Å². The van der Waals surface area contributed by atoms with E-state index >= 15 is 0 Å². The van der Waals surface area contributed by atoms with Gasteiger partial charge >= 0.3 is 5.97 Å². The van der Waals surface area contributed by atoms with Crippen LogP contribution >= 0.6 is 0 Å². The molecule has 2 aromatic carbocycles. The number of carbonyl (C=O) groups is 2. The van der Waals surface area contributed by atoms with Gasteiger partial charge < -0.3 is 9.47 Å². The molecule has 0 spiro atoms. The number of carbonyl (C=O) groups excluding carboxylic acids is 2. The molecule has 1 aromatic heterocycles. The minimum absolute atomic E-state index is 0.326. The number of benzene rings is 2. The molecule has 3 aromatic rings. The Kier molecular flexibility index (Phi) is 6.67. The van der Waals surface area contributed by atoms with Crippen molar-refractivity contribution in [2.24, 2.45) is 5.10 Å². The van der Waals surface area contributed by atoms with Crippen LogP contribution in [0.1, 0.15) is 31.8 Å². The first-order valence-corrected chi connectivity index (χ1v) is 8.79. The third-order valence-corrected chi connectivity index (χ3v) is 3.96. The van der Waals surface area contributed by atoms with Crippen LogP contribution in [0.15, 0.2) is 78.2 Å². The second-order valence-electron chi connectivity index (χ2n) is 5.99. The Balaban J connectivity index is 1.49. The van der Waals surface area contributed by atoms with E-state index in [9.17, 15) is 9.59 Å². The molecule has 0 atom stereocenters. The first-order valence-electron chi connectivity index (χ1n) is 8.79. The highest BCUT2D eigenvalue weighted by atomic mass is 16.5. The second-order valence-corrected chi connectivity index (χ2v) is 5.99. The van der Waals surface area contributed by atoms with Crippen LogP contribution in [0.2, 0.25) is 0 Å². The number of nitrogens with one attached hydrogen (secondary N) is 1. The lowest BCUT2D eigenvalue weighted by molar-refractivity contribution is 0.0600. The lowest BCUT2D eigenvalue weighted by atomic mass is 10.1. The monoisotopic (exact) mass is 389 g/mol. The van der Waals surface area contributed by atoms with Gasteiger partial charge in [-0.25, -0.2) is 10.2 Å². The van der Waals surface area contributed by atoms with E-state index in [2.05, 4.69) is 20.2 Å². The molecule has 0 radical (unpaired) electrons. The minimum atomic E-state index is -0.369. The van der Waals surface area contributed by atoms with Gasteiger partial charge in [0, 0.05) is 12.4 Å². The van der Waals surface area contributed by atoms with Gasteiger partial charge in [0.05, 0.1) is 24.5 Å². The molecule has 0 fully saturated rings. The number of aromatic nitrogens is 1. The molecule has 29 heavy (non-hydrogen) atoms. The van der Waals surface area contributed by atoms with Crippen molar-refractivity contribution in [3.63, 3.8) is 0 Å². The smallest absolute Gasteiger partial charge is 0.337 e. The van der Waals surface area contributed by atoms with Crippen molar-refractivity contribution in [2.45, 2.75) is 6.61 Å². The van der Waals surface area contributed by atoms with E-state index in [0.29, 0.717) is 23.5 Å². The lowest BCUT2D eigenvalue weighted by Crippen LogP contribution is -2.17. The summed E-state index contributed by atoms with van der Waals surface area (Å²) in [6, 6.07) is 17.7. The average molecular weight is 389 g/mol. The highest BCUT2D eigenvalue weighted by molar-refractivity contribution is 5.94. The molecule has 1 N–H and O–H groups in total. The zero-order valence-electron chi connectivity index (χ0n) is 15.7. The normalized spacial score (nSPS) is 10.5. The molecule has 0 aliphatic carbocycles. The number of hydrogen-bond acceptors (Lipinski definition) is 6. The van der Waals surface area contributed by atoms with Crippen LogP contribution in [0.3, 0.4) is 0 Å². The molecule has 7 nitrogen and oxygen atoms in total. The highest BCUT2D eigenvalue weighted by Crippen LogP contribution is 2.14. The summed E-state index contributed by atoms with van der Waals surface area (Å²) in [4.78, 5) is 27.2. The Morgan fingerprint density at radius 1 is 1.03 bits per heavy atom. The lowest BCUT2D eigenvalue weighted by Gasteiger charge is -2.07. The Bertz CT molecular complexity index is 985. The summed E-state index contributed by atoms with van der Waals surface area (Å²) in [5.74, 6) is -0.00235. The van der Waals surface area contributed by atoms with Crippen molar-refractivity contribution in [1.82, 2.24) is 10.4 Å². The van der Waals surface area contributed by atoms with E-state index in [4.69, 9.17) is 4.74 Å². The molecule has 146 valence electrons. The number of rotatable bonds is 7. The third kappa shape index (κ3) is 5.74. The van der Waals surface area contributed by atoms with Gasteiger partial charge in [-0.1, -0.05) is 12.1 Å². The van der Waals surface area contributed by atoms with Gasteiger partial charge in [-0.2, -0.15) is 5.10 Å².